The monoisotopic (exact) mass is 371 g/mol. The van der Waals surface area contributed by atoms with Crippen LogP contribution in [0.3, 0.4) is 0 Å². The summed E-state index contributed by atoms with van der Waals surface area (Å²) in [6.45, 7) is -0.127. The Kier molecular flexibility index (Phi) is 6.01. The maximum atomic E-state index is 12.3. The van der Waals surface area contributed by atoms with Gasteiger partial charge in [-0.2, -0.15) is 0 Å². The summed E-state index contributed by atoms with van der Waals surface area (Å²) in [5.41, 5.74) is 1.63. The summed E-state index contributed by atoms with van der Waals surface area (Å²) >= 11 is 0. The van der Waals surface area contributed by atoms with Crippen LogP contribution in [0.4, 0.5) is 0 Å². The number of carbonyl (C=O) groups excluding carboxylic acids is 4. The van der Waals surface area contributed by atoms with E-state index in [-0.39, 0.29) is 38.0 Å². The van der Waals surface area contributed by atoms with E-state index in [1.54, 1.807) is 30.3 Å². The predicted molar refractivity (Wildman–Crippen MR) is 94.5 cm³/mol. The van der Waals surface area contributed by atoms with Gasteiger partial charge in [0.25, 0.3) is 11.8 Å². The molecule has 2 amide bonds. The molecule has 2 aliphatic rings. The molecule has 0 saturated heterocycles. The number of nitrogens with zero attached hydrogens (tertiary/aromatic N) is 1. The van der Waals surface area contributed by atoms with Crippen LogP contribution in [0.25, 0.3) is 0 Å². The van der Waals surface area contributed by atoms with Crippen molar-refractivity contribution >= 4 is 23.8 Å². The van der Waals surface area contributed by atoms with Gasteiger partial charge in [-0.25, -0.2) is 4.79 Å². The summed E-state index contributed by atoms with van der Waals surface area (Å²) in [6, 6.07) is 8.51. The van der Waals surface area contributed by atoms with Crippen molar-refractivity contribution in [2.75, 3.05) is 19.8 Å². The zero-order valence-corrected chi connectivity index (χ0v) is 14.9. The van der Waals surface area contributed by atoms with Crippen LogP contribution >= 0.6 is 0 Å². The highest BCUT2D eigenvalue weighted by atomic mass is 16.6. The number of carbonyl (C=O) groups is 4. The van der Waals surface area contributed by atoms with Gasteiger partial charge in [-0.15, -0.1) is 0 Å². The zero-order chi connectivity index (χ0) is 19.2. The Morgan fingerprint density at radius 3 is 2.11 bits per heavy atom. The number of benzene rings is 1. The molecule has 0 radical (unpaired) electrons. The predicted octanol–water partition coefficient (Wildman–Crippen LogP) is 2.02. The Morgan fingerprint density at radius 1 is 0.889 bits per heavy atom. The van der Waals surface area contributed by atoms with Gasteiger partial charge < -0.3 is 9.47 Å². The van der Waals surface area contributed by atoms with Gasteiger partial charge in [-0.1, -0.05) is 18.2 Å². The Labute approximate surface area is 156 Å². The molecule has 0 saturated carbocycles. The molecular formula is C20H21NO6. The largest absolute Gasteiger partial charge is 0.462 e. The average molecular weight is 371 g/mol. The zero-order valence-electron chi connectivity index (χ0n) is 14.9. The summed E-state index contributed by atoms with van der Waals surface area (Å²) in [5.74, 6) is -1.59. The highest BCUT2D eigenvalue weighted by Crippen LogP contribution is 2.32. The van der Waals surface area contributed by atoms with Crippen molar-refractivity contribution in [3.63, 3.8) is 0 Å². The molecule has 1 aromatic rings. The highest BCUT2D eigenvalue weighted by molar-refractivity contribution is 6.19. The molecule has 0 fully saturated rings. The smallest absolute Gasteiger partial charge is 0.338 e. The molecule has 0 unspecified atom stereocenters. The Morgan fingerprint density at radius 2 is 1.48 bits per heavy atom. The van der Waals surface area contributed by atoms with Crippen LogP contribution in [-0.4, -0.2) is 48.4 Å². The average Bonchev–Trinajstić information content (AvgIpc) is 2.94. The molecule has 27 heavy (non-hydrogen) atoms. The van der Waals surface area contributed by atoms with Crippen LogP contribution < -0.4 is 0 Å². The first-order chi connectivity index (χ1) is 13.1. The number of hydrogen-bond acceptors (Lipinski definition) is 6. The maximum Gasteiger partial charge on any atom is 0.338 e. The van der Waals surface area contributed by atoms with Crippen molar-refractivity contribution in [1.82, 2.24) is 4.90 Å². The van der Waals surface area contributed by atoms with Gasteiger partial charge in [-0.3, -0.25) is 19.3 Å². The molecule has 1 aliphatic carbocycles. The summed E-state index contributed by atoms with van der Waals surface area (Å²) in [7, 11) is 0. The number of hydrogen-bond donors (Lipinski definition) is 0. The first-order valence-corrected chi connectivity index (χ1v) is 9.04. The second kappa shape index (κ2) is 8.62. The van der Waals surface area contributed by atoms with Crippen LogP contribution in [0.1, 0.15) is 42.5 Å². The van der Waals surface area contributed by atoms with Gasteiger partial charge in [0.05, 0.1) is 12.0 Å². The molecule has 7 nitrogen and oxygen atoms in total. The third-order valence-electron chi connectivity index (χ3n) is 4.60. The van der Waals surface area contributed by atoms with E-state index in [1.165, 1.54) is 0 Å². The van der Waals surface area contributed by atoms with Crippen LogP contribution in [0.2, 0.25) is 0 Å². The van der Waals surface area contributed by atoms with Crippen molar-refractivity contribution in [2.45, 2.75) is 32.1 Å². The van der Waals surface area contributed by atoms with Crippen LogP contribution in [0.15, 0.2) is 41.5 Å². The standard InChI is InChI=1S/C20H21NO6/c22-17(26-12-13-27-20(25)14-6-2-1-3-7-14)10-11-21-18(23)15-8-4-5-9-16(15)19(21)24/h1-3,6-7H,4-5,8-13H2. The van der Waals surface area contributed by atoms with Gasteiger partial charge >= 0.3 is 11.9 Å². The fraction of sp³-hybridized carbons (Fsp3) is 0.400. The lowest BCUT2D eigenvalue weighted by Gasteiger charge is -2.14. The first kappa shape index (κ1) is 18.8. The number of ether oxygens (including phenoxy) is 2. The molecule has 0 atom stereocenters. The molecule has 3 rings (SSSR count). The van der Waals surface area contributed by atoms with Gasteiger partial charge in [0.1, 0.15) is 13.2 Å². The van der Waals surface area contributed by atoms with E-state index in [0.717, 1.165) is 17.7 Å². The molecule has 0 aromatic heterocycles. The third-order valence-corrected chi connectivity index (χ3v) is 4.60. The van der Waals surface area contributed by atoms with E-state index in [0.29, 0.717) is 29.6 Å². The number of esters is 2. The van der Waals surface area contributed by atoms with Crippen molar-refractivity contribution in [2.24, 2.45) is 0 Å². The lowest BCUT2D eigenvalue weighted by Crippen LogP contribution is -2.34. The summed E-state index contributed by atoms with van der Waals surface area (Å²) in [4.78, 5) is 49.2. The molecular weight excluding hydrogens is 350 g/mol. The van der Waals surface area contributed by atoms with Crippen LogP contribution in [0.5, 0.6) is 0 Å². The molecule has 1 heterocycles. The molecule has 7 heteroatoms. The van der Waals surface area contributed by atoms with Crippen molar-refractivity contribution < 1.29 is 28.7 Å². The fourth-order valence-corrected chi connectivity index (χ4v) is 3.22. The van der Waals surface area contributed by atoms with E-state index in [9.17, 15) is 19.2 Å². The lowest BCUT2D eigenvalue weighted by atomic mass is 9.93. The quantitative estimate of drug-likeness (QED) is 0.414. The van der Waals surface area contributed by atoms with Gasteiger partial charge in [0.2, 0.25) is 0 Å². The second-order valence-electron chi connectivity index (χ2n) is 6.40. The molecule has 0 bridgehead atoms. The molecule has 1 aromatic carbocycles. The molecule has 0 N–H and O–H groups in total. The first-order valence-electron chi connectivity index (χ1n) is 9.04. The summed E-state index contributed by atoms with van der Waals surface area (Å²) < 4.78 is 10.0. The van der Waals surface area contributed by atoms with E-state index >= 15 is 0 Å². The molecule has 142 valence electrons. The maximum absolute atomic E-state index is 12.3. The minimum Gasteiger partial charge on any atom is -0.462 e. The van der Waals surface area contributed by atoms with Crippen LogP contribution in [0, 0.1) is 0 Å². The van der Waals surface area contributed by atoms with Gasteiger partial charge in [0.15, 0.2) is 0 Å². The van der Waals surface area contributed by atoms with Crippen molar-refractivity contribution in [3.8, 4) is 0 Å². The number of amides is 2. The summed E-state index contributed by atoms with van der Waals surface area (Å²) in [6.07, 6.45) is 3.01. The third kappa shape index (κ3) is 4.42. The molecule has 0 spiro atoms. The lowest BCUT2D eigenvalue weighted by molar-refractivity contribution is -0.146. The van der Waals surface area contributed by atoms with Crippen molar-refractivity contribution in [1.29, 1.82) is 0 Å². The minimum absolute atomic E-state index is 0.00725. The van der Waals surface area contributed by atoms with E-state index < -0.39 is 11.9 Å². The Balaban J connectivity index is 1.36. The number of rotatable bonds is 7. The van der Waals surface area contributed by atoms with E-state index in [2.05, 4.69) is 0 Å². The SMILES string of the molecule is O=C(CCN1C(=O)C2=C(CCCC2)C1=O)OCCOC(=O)c1ccccc1. The topological polar surface area (TPSA) is 90.0 Å². The van der Waals surface area contributed by atoms with Gasteiger partial charge in [-0.05, 0) is 37.8 Å². The Bertz CT molecular complexity index is 755. The van der Waals surface area contributed by atoms with E-state index in [1.807, 2.05) is 0 Å². The molecule has 1 aliphatic heterocycles. The van der Waals surface area contributed by atoms with E-state index in [4.69, 9.17) is 9.47 Å². The minimum atomic E-state index is -0.545. The summed E-state index contributed by atoms with van der Waals surface area (Å²) in [5, 5.41) is 0. The highest BCUT2D eigenvalue weighted by Gasteiger charge is 2.38. The fourth-order valence-electron chi connectivity index (χ4n) is 3.22. The van der Waals surface area contributed by atoms with Crippen molar-refractivity contribution in [3.05, 3.63) is 47.0 Å². The Hall–Kier alpha value is -2.96. The number of imide groups is 1. The second-order valence-corrected chi connectivity index (χ2v) is 6.40. The normalized spacial score (nSPS) is 16.4. The van der Waals surface area contributed by atoms with Gasteiger partial charge in [0, 0.05) is 17.7 Å². The van der Waals surface area contributed by atoms with Crippen LogP contribution in [-0.2, 0) is 23.9 Å².